The van der Waals surface area contributed by atoms with E-state index in [4.69, 9.17) is 16.6 Å². The van der Waals surface area contributed by atoms with Gasteiger partial charge in [0.1, 0.15) is 33.3 Å². The molecule has 0 fully saturated rings. The van der Waals surface area contributed by atoms with Crippen LogP contribution in [0.4, 0.5) is 15.2 Å². The predicted molar refractivity (Wildman–Crippen MR) is 112 cm³/mol. The summed E-state index contributed by atoms with van der Waals surface area (Å²) in [6, 6.07) is 9.86. The fourth-order valence-electron chi connectivity index (χ4n) is 3.15. The van der Waals surface area contributed by atoms with Crippen LogP contribution in [-0.2, 0) is 6.42 Å². The normalized spacial score (nSPS) is 11.0. The number of benzene rings is 1. The molecule has 3 aromatic heterocycles. The van der Waals surface area contributed by atoms with E-state index in [1.807, 2.05) is 18.7 Å². The highest BCUT2D eigenvalue weighted by Gasteiger charge is 2.24. The third-order valence-corrected chi connectivity index (χ3v) is 5.68. The van der Waals surface area contributed by atoms with Crippen LogP contribution in [0, 0.1) is 17.1 Å². The molecule has 4 aromatic rings. The maximum absolute atomic E-state index is 13.3. The number of thiazole rings is 1. The van der Waals surface area contributed by atoms with Crippen LogP contribution in [0.5, 0.6) is 0 Å². The van der Waals surface area contributed by atoms with Gasteiger partial charge in [0, 0.05) is 18.3 Å². The second-order valence-corrected chi connectivity index (χ2v) is 7.57. The van der Waals surface area contributed by atoms with E-state index in [9.17, 15) is 9.65 Å². The Kier molecular flexibility index (Phi) is 5.18. The van der Waals surface area contributed by atoms with Crippen molar-refractivity contribution in [2.24, 2.45) is 0 Å². The quantitative estimate of drug-likeness (QED) is 0.408. The number of nitrogens with zero attached hydrogens (tertiary/aromatic N) is 6. The lowest BCUT2D eigenvalue weighted by atomic mass is 10.1. The zero-order valence-electron chi connectivity index (χ0n) is 15.7. The highest BCUT2D eigenvalue weighted by atomic mass is 35.5. The first-order valence-corrected chi connectivity index (χ1v) is 10.2. The van der Waals surface area contributed by atoms with Crippen LogP contribution < -0.4 is 4.90 Å². The highest BCUT2D eigenvalue weighted by molar-refractivity contribution is 7.16. The Bertz CT molecular complexity index is 1220. The largest absolute Gasteiger partial charge is 0.313 e. The summed E-state index contributed by atoms with van der Waals surface area (Å²) < 4.78 is 15.0. The SMILES string of the molecule is CCc1nn2ccc(Cl)nc2c1N(CC)c1nc(-c2ccc(F)cc2)c(C#N)s1. The molecule has 4 rings (SSSR count). The minimum Gasteiger partial charge on any atom is -0.313 e. The Morgan fingerprint density at radius 1 is 1.21 bits per heavy atom. The minimum absolute atomic E-state index is 0.334. The molecule has 0 saturated heterocycles. The Balaban J connectivity index is 1.88. The van der Waals surface area contributed by atoms with Crippen molar-refractivity contribution >= 4 is 39.4 Å². The second kappa shape index (κ2) is 7.78. The van der Waals surface area contributed by atoms with Gasteiger partial charge in [-0.1, -0.05) is 29.9 Å². The number of aromatic nitrogens is 4. The summed E-state index contributed by atoms with van der Waals surface area (Å²) in [6.07, 6.45) is 2.47. The lowest BCUT2D eigenvalue weighted by Crippen LogP contribution is -2.17. The van der Waals surface area contributed by atoms with Crippen molar-refractivity contribution in [2.45, 2.75) is 20.3 Å². The maximum Gasteiger partial charge on any atom is 0.191 e. The number of rotatable bonds is 5. The number of fused-ring (bicyclic) bond motifs is 1. The first-order chi connectivity index (χ1) is 14.0. The highest BCUT2D eigenvalue weighted by Crippen LogP contribution is 2.38. The summed E-state index contributed by atoms with van der Waals surface area (Å²) in [5.41, 5.74) is 3.54. The van der Waals surface area contributed by atoms with Gasteiger partial charge in [-0.05, 0) is 43.7 Å². The van der Waals surface area contributed by atoms with E-state index >= 15 is 0 Å². The standard InChI is InChI=1S/C20H16ClFN6S/c1-3-14-18(19-24-16(21)9-10-28(19)26-14)27(4-2)20-25-17(15(11-23)29-20)12-5-7-13(22)8-6-12/h5-10H,3-4H2,1-2H3. The van der Waals surface area contributed by atoms with Crippen molar-refractivity contribution in [1.82, 2.24) is 19.6 Å². The molecule has 0 radical (unpaired) electrons. The number of hydrogen-bond donors (Lipinski definition) is 0. The number of nitriles is 1. The molecule has 3 heterocycles. The molecular weight excluding hydrogens is 411 g/mol. The molecule has 0 amide bonds. The number of halogens is 2. The number of hydrogen-bond acceptors (Lipinski definition) is 6. The molecule has 0 aliphatic heterocycles. The van der Waals surface area contributed by atoms with E-state index in [1.165, 1.54) is 23.5 Å². The summed E-state index contributed by atoms with van der Waals surface area (Å²) >= 11 is 7.41. The summed E-state index contributed by atoms with van der Waals surface area (Å²) in [6.45, 7) is 4.62. The van der Waals surface area contributed by atoms with Crippen molar-refractivity contribution in [1.29, 1.82) is 5.26 Å². The summed E-state index contributed by atoms with van der Waals surface area (Å²) in [5.74, 6) is -0.334. The molecule has 0 unspecified atom stereocenters. The third kappa shape index (κ3) is 3.43. The first-order valence-electron chi connectivity index (χ1n) is 9.03. The van der Waals surface area contributed by atoms with Gasteiger partial charge in [0.05, 0.1) is 5.69 Å². The maximum atomic E-state index is 13.3. The van der Waals surface area contributed by atoms with Crippen LogP contribution in [-0.4, -0.2) is 26.1 Å². The van der Waals surface area contributed by atoms with Crippen LogP contribution >= 0.6 is 22.9 Å². The summed E-state index contributed by atoms with van der Waals surface area (Å²) in [4.78, 5) is 11.6. The van der Waals surface area contributed by atoms with E-state index in [1.54, 1.807) is 28.9 Å². The Hall–Kier alpha value is -3.02. The molecule has 0 aliphatic rings. The molecule has 0 bridgehead atoms. The monoisotopic (exact) mass is 426 g/mol. The molecule has 0 saturated carbocycles. The van der Waals surface area contributed by atoms with Gasteiger partial charge in [0.2, 0.25) is 0 Å². The van der Waals surface area contributed by atoms with Gasteiger partial charge in [0.25, 0.3) is 0 Å². The van der Waals surface area contributed by atoms with Crippen LogP contribution in [0.25, 0.3) is 16.9 Å². The Labute approximate surface area is 175 Å². The van der Waals surface area contributed by atoms with Gasteiger partial charge in [-0.2, -0.15) is 10.4 Å². The summed E-state index contributed by atoms with van der Waals surface area (Å²) in [5, 5.41) is 15.3. The topological polar surface area (TPSA) is 70.1 Å². The molecule has 1 aromatic carbocycles. The van der Waals surface area contributed by atoms with Gasteiger partial charge >= 0.3 is 0 Å². The fourth-order valence-corrected chi connectivity index (χ4v) is 4.24. The van der Waals surface area contributed by atoms with Crippen LogP contribution in [0.15, 0.2) is 36.5 Å². The minimum atomic E-state index is -0.334. The van der Waals surface area contributed by atoms with Gasteiger partial charge in [-0.25, -0.2) is 18.9 Å². The average Bonchev–Trinajstić information content (AvgIpc) is 3.31. The molecule has 29 heavy (non-hydrogen) atoms. The van der Waals surface area contributed by atoms with E-state index in [2.05, 4.69) is 16.2 Å². The van der Waals surface area contributed by atoms with Crippen LogP contribution in [0.2, 0.25) is 5.15 Å². The smallest absolute Gasteiger partial charge is 0.191 e. The van der Waals surface area contributed by atoms with E-state index < -0.39 is 0 Å². The summed E-state index contributed by atoms with van der Waals surface area (Å²) in [7, 11) is 0. The van der Waals surface area contributed by atoms with Crippen molar-refractivity contribution in [3.8, 4) is 17.3 Å². The van der Waals surface area contributed by atoms with Crippen molar-refractivity contribution in [3.05, 3.63) is 58.1 Å². The van der Waals surface area contributed by atoms with Gasteiger partial charge in [-0.3, -0.25) is 0 Å². The van der Waals surface area contributed by atoms with Gasteiger partial charge < -0.3 is 4.90 Å². The number of aryl methyl sites for hydroxylation is 1. The van der Waals surface area contributed by atoms with Crippen LogP contribution in [0.1, 0.15) is 24.4 Å². The van der Waals surface area contributed by atoms with Gasteiger partial charge in [-0.15, -0.1) is 0 Å². The molecule has 0 spiro atoms. The Morgan fingerprint density at radius 3 is 2.62 bits per heavy atom. The molecular formula is C20H16ClFN6S. The fraction of sp³-hybridized carbons (Fsp3) is 0.200. The molecule has 0 N–H and O–H groups in total. The first kappa shape index (κ1) is 19.3. The lowest BCUT2D eigenvalue weighted by Gasteiger charge is -2.19. The van der Waals surface area contributed by atoms with E-state index in [0.29, 0.717) is 45.0 Å². The lowest BCUT2D eigenvalue weighted by molar-refractivity contribution is 0.628. The second-order valence-electron chi connectivity index (χ2n) is 6.20. The molecule has 0 atom stereocenters. The zero-order valence-corrected chi connectivity index (χ0v) is 17.3. The van der Waals surface area contributed by atoms with E-state index in [-0.39, 0.29) is 5.82 Å². The number of anilines is 2. The molecule has 9 heteroatoms. The van der Waals surface area contributed by atoms with Gasteiger partial charge in [0.15, 0.2) is 10.8 Å². The van der Waals surface area contributed by atoms with Crippen molar-refractivity contribution in [3.63, 3.8) is 0 Å². The molecule has 0 aliphatic carbocycles. The molecule has 6 nitrogen and oxygen atoms in total. The van der Waals surface area contributed by atoms with E-state index in [0.717, 1.165) is 11.4 Å². The molecule has 146 valence electrons. The zero-order chi connectivity index (χ0) is 20.5. The van der Waals surface area contributed by atoms with Crippen molar-refractivity contribution in [2.75, 3.05) is 11.4 Å². The Morgan fingerprint density at radius 2 is 1.97 bits per heavy atom. The van der Waals surface area contributed by atoms with Crippen LogP contribution in [0.3, 0.4) is 0 Å². The predicted octanol–water partition coefficient (Wildman–Crippen LogP) is 5.24. The third-order valence-electron chi connectivity index (χ3n) is 4.48. The average molecular weight is 427 g/mol. The van der Waals surface area contributed by atoms with Crippen molar-refractivity contribution < 1.29 is 4.39 Å².